The largest absolute Gasteiger partial charge is 0.493 e. The number of nitrogens with zero attached hydrogens (tertiary/aromatic N) is 1. The molecular formula is C27H33F4N3O5. The highest BCUT2D eigenvalue weighted by atomic mass is 19.4. The number of urea groups is 1. The highest BCUT2D eigenvalue weighted by Gasteiger charge is 2.50. The number of aryl methyl sites for hydroxylation is 1. The number of aliphatic carboxylic acids is 1. The van der Waals surface area contributed by atoms with Gasteiger partial charge in [0.25, 0.3) is 0 Å². The normalized spacial score (nSPS) is 22.7. The van der Waals surface area contributed by atoms with Gasteiger partial charge in [-0.3, -0.25) is 0 Å². The molecule has 12 heteroatoms. The van der Waals surface area contributed by atoms with Gasteiger partial charge in [0, 0.05) is 23.2 Å². The van der Waals surface area contributed by atoms with Gasteiger partial charge in [-0.25, -0.2) is 14.0 Å². The van der Waals surface area contributed by atoms with Gasteiger partial charge < -0.3 is 30.1 Å². The second kappa shape index (κ2) is 12.1. The van der Waals surface area contributed by atoms with Gasteiger partial charge in [-0.05, 0) is 81.6 Å². The maximum Gasteiger partial charge on any atom is 0.490 e. The summed E-state index contributed by atoms with van der Waals surface area (Å²) in [6, 6.07) is 11.1. The van der Waals surface area contributed by atoms with E-state index in [0.29, 0.717) is 17.3 Å². The molecular weight excluding hydrogens is 522 g/mol. The van der Waals surface area contributed by atoms with Gasteiger partial charge in [0.1, 0.15) is 5.82 Å². The van der Waals surface area contributed by atoms with Crippen molar-refractivity contribution in [3.63, 3.8) is 0 Å². The highest BCUT2D eigenvalue weighted by Crippen LogP contribution is 2.49. The zero-order chi connectivity index (χ0) is 29.0. The van der Waals surface area contributed by atoms with E-state index in [2.05, 4.69) is 34.7 Å². The quantitative estimate of drug-likeness (QED) is 0.444. The van der Waals surface area contributed by atoms with E-state index in [1.807, 2.05) is 6.07 Å². The number of carboxylic acids is 1. The average Bonchev–Trinajstić information content (AvgIpc) is 3.22. The van der Waals surface area contributed by atoms with Crippen LogP contribution in [0.25, 0.3) is 0 Å². The number of hydrogen-bond donors (Lipinski definition) is 3. The Morgan fingerprint density at radius 3 is 2.33 bits per heavy atom. The van der Waals surface area contributed by atoms with Crippen LogP contribution in [0.1, 0.15) is 36.8 Å². The molecule has 1 aliphatic heterocycles. The summed E-state index contributed by atoms with van der Waals surface area (Å²) in [7, 11) is 5.47. The van der Waals surface area contributed by atoms with E-state index >= 15 is 0 Å². The van der Waals surface area contributed by atoms with Crippen LogP contribution in [0.4, 0.5) is 28.0 Å². The molecule has 0 bridgehead atoms. The molecule has 2 fully saturated rings. The molecule has 8 nitrogen and oxygen atoms in total. The molecule has 0 radical (unpaired) electrons. The number of carbonyl (C=O) groups excluding carboxylic acids is 1. The van der Waals surface area contributed by atoms with Crippen LogP contribution in [-0.2, 0) is 10.2 Å². The number of carboxylic acid groups (broad SMARTS) is 1. The van der Waals surface area contributed by atoms with Gasteiger partial charge in [0.15, 0.2) is 11.5 Å². The van der Waals surface area contributed by atoms with Gasteiger partial charge in [0.2, 0.25) is 0 Å². The lowest BCUT2D eigenvalue weighted by Crippen LogP contribution is -2.52. The van der Waals surface area contributed by atoms with Crippen molar-refractivity contribution >= 4 is 17.7 Å². The van der Waals surface area contributed by atoms with Gasteiger partial charge in [0.05, 0.1) is 14.2 Å². The topological polar surface area (TPSA) is 100 Å². The number of alkyl halides is 3. The smallest absolute Gasteiger partial charge is 0.490 e. The van der Waals surface area contributed by atoms with Crippen molar-refractivity contribution in [1.29, 1.82) is 0 Å². The van der Waals surface area contributed by atoms with Crippen LogP contribution < -0.4 is 20.1 Å². The van der Waals surface area contributed by atoms with Crippen LogP contribution in [0, 0.1) is 12.7 Å². The summed E-state index contributed by atoms with van der Waals surface area (Å²) < 4.78 is 56.5. The molecule has 1 saturated carbocycles. The monoisotopic (exact) mass is 555 g/mol. The number of halogens is 4. The lowest BCUT2D eigenvalue weighted by atomic mass is 9.65. The molecule has 3 atom stereocenters. The number of methoxy groups -OCH3 is 2. The standard InChI is InChI=1S/C25H32FN3O3.C2HF3O2/c1-16-5-7-18(14-20(16)26)27-24(30)28-19-9-10-25(11-12-29(2)23(25)15-19)17-6-8-21(31-3)22(13-17)32-4;3-2(4,5)1(6)7/h5-8,13-14,19,23H,9-12,15H2,1-4H3,(H2,27,28,30);(H,6,7). The summed E-state index contributed by atoms with van der Waals surface area (Å²) in [5.74, 6) is -1.60. The minimum Gasteiger partial charge on any atom is -0.493 e. The summed E-state index contributed by atoms with van der Waals surface area (Å²) in [5.41, 5.74) is 2.31. The van der Waals surface area contributed by atoms with Crippen molar-refractivity contribution < 1.29 is 41.7 Å². The molecule has 1 heterocycles. The van der Waals surface area contributed by atoms with E-state index in [4.69, 9.17) is 19.4 Å². The number of amides is 2. The maximum absolute atomic E-state index is 13.8. The molecule has 2 aliphatic rings. The molecule has 214 valence electrons. The third-order valence-electron chi connectivity index (χ3n) is 7.49. The van der Waals surface area contributed by atoms with Crippen LogP contribution in [-0.4, -0.2) is 68.1 Å². The van der Waals surface area contributed by atoms with E-state index < -0.39 is 12.1 Å². The number of benzene rings is 2. The fourth-order valence-corrected chi connectivity index (χ4v) is 5.42. The van der Waals surface area contributed by atoms with E-state index in [1.54, 1.807) is 33.3 Å². The summed E-state index contributed by atoms with van der Waals surface area (Å²) in [6.07, 6.45) is -1.29. The Hall–Kier alpha value is -3.54. The van der Waals surface area contributed by atoms with Crippen molar-refractivity contribution in [3.8, 4) is 11.5 Å². The Kier molecular flexibility index (Phi) is 9.31. The van der Waals surface area contributed by atoms with E-state index in [0.717, 1.165) is 43.7 Å². The lowest BCUT2D eigenvalue weighted by molar-refractivity contribution is -0.192. The molecule has 4 rings (SSSR count). The first-order valence-electron chi connectivity index (χ1n) is 12.4. The Bertz CT molecular complexity index is 1190. The van der Waals surface area contributed by atoms with Gasteiger partial charge in [-0.15, -0.1) is 0 Å². The fraction of sp³-hybridized carbons (Fsp3) is 0.481. The van der Waals surface area contributed by atoms with Crippen LogP contribution in [0.2, 0.25) is 0 Å². The van der Waals surface area contributed by atoms with E-state index in [-0.39, 0.29) is 23.3 Å². The fourth-order valence-electron chi connectivity index (χ4n) is 5.42. The maximum atomic E-state index is 13.8. The third-order valence-corrected chi connectivity index (χ3v) is 7.49. The molecule has 0 aromatic heterocycles. The zero-order valence-electron chi connectivity index (χ0n) is 22.2. The summed E-state index contributed by atoms with van der Waals surface area (Å²) >= 11 is 0. The number of rotatable bonds is 5. The van der Waals surface area contributed by atoms with Crippen LogP contribution in [0.15, 0.2) is 36.4 Å². The zero-order valence-corrected chi connectivity index (χ0v) is 22.2. The van der Waals surface area contributed by atoms with E-state index in [1.165, 1.54) is 11.6 Å². The first-order chi connectivity index (χ1) is 18.3. The average molecular weight is 556 g/mol. The molecule has 3 unspecified atom stereocenters. The molecule has 1 saturated heterocycles. The molecule has 39 heavy (non-hydrogen) atoms. The minimum absolute atomic E-state index is 0.0308. The van der Waals surface area contributed by atoms with Crippen LogP contribution >= 0.6 is 0 Å². The number of nitrogens with one attached hydrogen (secondary N) is 2. The number of ether oxygens (including phenoxy) is 2. The summed E-state index contributed by atoms with van der Waals surface area (Å²) in [4.78, 5) is 23.9. The van der Waals surface area contributed by atoms with Crippen molar-refractivity contribution in [2.24, 2.45) is 0 Å². The number of anilines is 1. The minimum atomic E-state index is -5.08. The number of likely N-dealkylation sites (tertiary alicyclic amines) is 1. The Labute approximate surface area is 224 Å². The predicted molar refractivity (Wildman–Crippen MR) is 137 cm³/mol. The van der Waals surface area contributed by atoms with Crippen LogP contribution in [0.5, 0.6) is 11.5 Å². The number of hydrogen-bond acceptors (Lipinski definition) is 5. The second-order valence-electron chi connectivity index (χ2n) is 9.81. The first kappa shape index (κ1) is 30.0. The number of carbonyl (C=O) groups is 2. The van der Waals surface area contributed by atoms with Crippen molar-refractivity contribution in [2.45, 2.75) is 56.3 Å². The molecule has 2 aromatic rings. The predicted octanol–water partition coefficient (Wildman–Crippen LogP) is 5.10. The number of fused-ring (bicyclic) bond motifs is 1. The second-order valence-corrected chi connectivity index (χ2v) is 9.81. The molecule has 2 aromatic carbocycles. The Morgan fingerprint density at radius 2 is 1.74 bits per heavy atom. The lowest BCUT2D eigenvalue weighted by Gasteiger charge is -2.45. The van der Waals surface area contributed by atoms with Crippen molar-refractivity contribution in [1.82, 2.24) is 10.2 Å². The SMILES string of the molecule is COc1ccc(C23CCC(NC(=O)Nc4ccc(C)c(F)c4)CC2N(C)CC3)cc1OC.O=C(O)C(F)(F)F. The van der Waals surface area contributed by atoms with Crippen LogP contribution in [0.3, 0.4) is 0 Å². The molecule has 1 aliphatic carbocycles. The Balaban J connectivity index is 0.000000532. The molecule has 0 spiro atoms. The Morgan fingerprint density at radius 1 is 1.08 bits per heavy atom. The van der Waals surface area contributed by atoms with E-state index in [9.17, 15) is 22.4 Å². The van der Waals surface area contributed by atoms with Gasteiger partial charge in [-0.1, -0.05) is 12.1 Å². The van der Waals surface area contributed by atoms with Gasteiger partial charge >= 0.3 is 18.2 Å². The van der Waals surface area contributed by atoms with Crippen molar-refractivity contribution in [2.75, 3.05) is 33.1 Å². The molecule has 2 amide bonds. The summed E-state index contributed by atoms with van der Waals surface area (Å²) in [5, 5.41) is 13.0. The highest BCUT2D eigenvalue weighted by molar-refractivity contribution is 5.89. The first-order valence-corrected chi connectivity index (χ1v) is 12.4. The van der Waals surface area contributed by atoms with Gasteiger partial charge in [-0.2, -0.15) is 13.2 Å². The molecule has 3 N–H and O–H groups in total. The number of likely N-dealkylation sites (N-methyl/N-ethyl adjacent to an activating group) is 1. The van der Waals surface area contributed by atoms with Crippen molar-refractivity contribution in [3.05, 3.63) is 53.3 Å². The third kappa shape index (κ3) is 6.92. The summed E-state index contributed by atoms with van der Waals surface area (Å²) in [6.45, 7) is 2.71.